The first-order valence-corrected chi connectivity index (χ1v) is 12.2. The fraction of sp³-hybridized carbons (Fsp3) is 0.565. The molecule has 0 unspecified atom stereocenters. The van der Waals surface area contributed by atoms with E-state index in [1.807, 2.05) is 10.6 Å². The molecule has 0 radical (unpaired) electrons. The number of alkyl halides is 3. The number of halogens is 4. The van der Waals surface area contributed by atoms with Gasteiger partial charge in [-0.2, -0.15) is 18.2 Å². The molecule has 12 heteroatoms. The van der Waals surface area contributed by atoms with Crippen molar-refractivity contribution in [3.05, 3.63) is 46.3 Å². The van der Waals surface area contributed by atoms with Gasteiger partial charge in [0, 0.05) is 41.9 Å². The molecule has 7 rings (SSSR count). The van der Waals surface area contributed by atoms with Crippen LogP contribution in [-0.2, 0) is 13.1 Å². The van der Waals surface area contributed by atoms with Gasteiger partial charge in [-0.25, -0.2) is 0 Å². The molecule has 4 heterocycles. The fourth-order valence-corrected chi connectivity index (χ4v) is 6.10. The Bertz CT molecular complexity index is 1290. The van der Waals surface area contributed by atoms with Crippen LogP contribution in [0.2, 0.25) is 5.02 Å². The zero-order chi connectivity index (χ0) is 23.9. The molecular formula is C23H23ClF3N7O. The van der Waals surface area contributed by atoms with Gasteiger partial charge in [0.05, 0.1) is 18.8 Å². The van der Waals surface area contributed by atoms with Crippen molar-refractivity contribution in [3.63, 3.8) is 0 Å². The van der Waals surface area contributed by atoms with Crippen LogP contribution < -0.4 is 4.90 Å². The van der Waals surface area contributed by atoms with Gasteiger partial charge in [0.25, 0.3) is 5.95 Å². The summed E-state index contributed by atoms with van der Waals surface area (Å²) >= 11 is 6.20. The maximum atomic E-state index is 13.2. The summed E-state index contributed by atoms with van der Waals surface area (Å²) in [5.41, 5.74) is 1.74. The summed E-state index contributed by atoms with van der Waals surface area (Å²) in [4.78, 5) is 8.05. The van der Waals surface area contributed by atoms with Crippen molar-refractivity contribution in [3.8, 4) is 5.69 Å². The van der Waals surface area contributed by atoms with Gasteiger partial charge in [-0.15, -0.1) is 10.2 Å². The maximum absolute atomic E-state index is 13.2. The number of rotatable bonds is 4. The minimum absolute atomic E-state index is 0.0750. The monoisotopic (exact) mass is 505 g/mol. The van der Waals surface area contributed by atoms with Crippen molar-refractivity contribution in [2.75, 3.05) is 24.5 Å². The van der Waals surface area contributed by atoms with Crippen LogP contribution in [0.3, 0.4) is 0 Å². The molecule has 2 aliphatic carbocycles. The van der Waals surface area contributed by atoms with Crippen LogP contribution in [0.1, 0.15) is 60.6 Å². The standard InChI is InChI=1S/C23H23ClF3N7O/c24-16-3-4-17-14(5-16)8-32(12-23(25,26)27)9-18-29-30-19(34(17)18)15-6-22(7-15)10-33(11-22)21-28-20(35-31-21)13-1-2-13/h3-5,13,15H,1-2,6-12H2. The van der Waals surface area contributed by atoms with Crippen molar-refractivity contribution in [2.45, 2.75) is 56.8 Å². The number of fused-ring (bicyclic) bond motifs is 3. The summed E-state index contributed by atoms with van der Waals surface area (Å²) in [6, 6.07) is 5.37. The van der Waals surface area contributed by atoms with Crippen LogP contribution in [0, 0.1) is 5.41 Å². The molecule has 3 fully saturated rings. The molecule has 0 amide bonds. The Morgan fingerprint density at radius 2 is 1.89 bits per heavy atom. The van der Waals surface area contributed by atoms with Gasteiger partial charge in [-0.1, -0.05) is 11.6 Å². The molecule has 2 aromatic heterocycles. The lowest BCUT2D eigenvalue weighted by atomic mass is 9.57. The predicted molar refractivity (Wildman–Crippen MR) is 119 cm³/mol. The molecule has 2 aliphatic heterocycles. The Balaban J connectivity index is 1.11. The van der Waals surface area contributed by atoms with Crippen molar-refractivity contribution in [2.24, 2.45) is 5.41 Å². The van der Waals surface area contributed by atoms with Crippen LogP contribution in [0.4, 0.5) is 19.1 Å². The summed E-state index contributed by atoms with van der Waals surface area (Å²) in [5.74, 6) is 3.40. The number of hydrogen-bond acceptors (Lipinski definition) is 7. The van der Waals surface area contributed by atoms with Gasteiger partial charge in [0.15, 0.2) is 5.82 Å². The molecule has 0 atom stereocenters. The van der Waals surface area contributed by atoms with Crippen LogP contribution in [-0.4, -0.2) is 55.6 Å². The average Bonchev–Trinajstić information content (AvgIpc) is 3.37. The van der Waals surface area contributed by atoms with E-state index in [4.69, 9.17) is 16.1 Å². The molecule has 2 saturated carbocycles. The van der Waals surface area contributed by atoms with E-state index in [0.717, 1.165) is 61.7 Å². The van der Waals surface area contributed by atoms with E-state index < -0.39 is 12.7 Å². The highest BCUT2D eigenvalue weighted by atomic mass is 35.5. The molecule has 3 aromatic rings. The summed E-state index contributed by atoms with van der Waals surface area (Å²) in [6.07, 6.45) is -0.155. The second kappa shape index (κ2) is 7.42. The molecule has 1 saturated heterocycles. The third kappa shape index (κ3) is 3.79. The van der Waals surface area contributed by atoms with E-state index >= 15 is 0 Å². The highest BCUT2D eigenvalue weighted by molar-refractivity contribution is 6.30. The Kier molecular flexibility index (Phi) is 4.58. The first-order valence-electron chi connectivity index (χ1n) is 11.9. The van der Waals surface area contributed by atoms with Crippen molar-refractivity contribution in [1.29, 1.82) is 0 Å². The predicted octanol–water partition coefficient (Wildman–Crippen LogP) is 4.44. The Morgan fingerprint density at radius 1 is 1.09 bits per heavy atom. The average molecular weight is 506 g/mol. The third-order valence-electron chi connectivity index (χ3n) is 7.62. The van der Waals surface area contributed by atoms with Crippen LogP contribution >= 0.6 is 11.6 Å². The fourth-order valence-electron chi connectivity index (χ4n) is 5.90. The minimum atomic E-state index is -4.30. The maximum Gasteiger partial charge on any atom is 0.401 e. The lowest BCUT2D eigenvalue weighted by Gasteiger charge is -2.58. The van der Waals surface area contributed by atoms with E-state index in [1.54, 1.807) is 12.1 Å². The highest BCUT2D eigenvalue weighted by Crippen LogP contribution is 2.56. The van der Waals surface area contributed by atoms with E-state index in [1.165, 1.54) is 4.90 Å². The van der Waals surface area contributed by atoms with Crippen molar-refractivity contribution in [1.82, 2.24) is 29.8 Å². The summed E-state index contributed by atoms with van der Waals surface area (Å²) in [7, 11) is 0. The summed E-state index contributed by atoms with van der Waals surface area (Å²) < 4.78 is 46.9. The lowest BCUT2D eigenvalue weighted by Crippen LogP contribution is -2.62. The second-order valence-corrected chi connectivity index (χ2v) is 10.9. The van der Waals surface area contributed by atoms with Gasteiger partial charge >= 0.3 is 6.18 Å². The smallest absolute Gasteiger partial charge is 0.337 e. The quantitative estimate of drug-likeness (QED) is 0.518. The molecule has 4 aliphatic rings. The van der Waals surface area contributed by atoms with Crippen LogP contribution in [0.5, 0.6) is 0 Å². The Labute approximate surface area is 204 Å². The summed E-state index contributed by atoms with van der Waals surface area (Å²) in [6.45, 7) is 0.961. The van der Waals surface area contributed by atoms with Crippen molar-refractivity contribution >= 4 is 17.5 Å². The first-order chi connectivity index (χ1) is 16.8. The summed E-state index contributed by atoms with van der Waals surface area (Å²) in [5, 5.41) is 13.4. The van der Waals surface area contributed by atoms with Crippen LogP contribution in [0.15, 0.2) is 22.7 Å². The number of anilines is 1. The molecule has 0 N–H and O–H groups in total. The number of aromatic nitrogens is 5. The van der Waals surface area contributed by atoms with Crippen LogP contribution in [0.25, 0.3) is 5.69 Å². The zero-order valence-corrected chi connectivity index (χ0v) is 19.6. The number of hydrogen-bond donors (Lipinski definition) is 0. The molecule has 35 heavy (non-hydrogen) atoms. The largest absolute Gasteiger partial charge is 0.401 e. The number of nitrogens with zero attached hydrogens (tertiary/aromatic N) is 7. The molecule has 0 bridgehead atoms. The van der Waals surface area contributed by atoms with E-state index in [2.05, 4.69) is 25.2 Å². The molecule has 184 valence electrons. The highest BCUT2D eigenvalue weighted by Gasteiger charge is 2.55. The van der Waals surface area contributed by atoms with Crippen molar-refractivity contribution < 1.29 is 17.7 Å². The molecular weight excluding hydrogens is 483 g/mol. The third-order valence-corrected chi connectivity index (χ3v) is 7.85. The topological polar surface area (TPSA) is 76.1 Å². The first kappa shape index (κ1) is 21.6. The van der Waals surface area contributed by atoms with Gasteiger partial charge < -0.3 is 9.42 Å². The molecule has 1 spiro atoms. The SMILES string of the molecule is FC(F)(F)CN1Cc2cc(Cl)ccc2-n2c(nnc2C2CC3(C2)CN(c2noc(C4CC4)n2)C3)C1. The lowest BCUT2D eigenvalue weighted by molar-refractivity contribution is -0.148. The Hall–Kier alpha value is -2.66. The van der Waals surface area contributed by atoms with Gasteiger partial charge in [-0.3, -0.25) is 9.47 Å². The zero-order valence-electron chi connectivity index (χ0n) is 18.8. The molecule has 1 aromatic carbocycles. The van der Waals surface area contributed by atoms with Gasteiger partial charge in [-0.05, 0) is 54.6 Å². The van der Waals surface area contributed by atoms with Gasteiger partial charge in [0.1, 0.15) is 5.82 Å². The van der Waals surface area contributed by atoms with E-state index in [-0.39, 0.29) is 24.4 Å². The van der Waals surface area contributed by atoms with E-state index in [0.29, 0.717) is 22.7 Å². The minimum Gasteiger partial charge on any atom is -0.337 e. The van der Waals surface area contributed by atoms with Gasteiger partial charge in [0.2, 0.25) is 5.89 Å². The second-order valence-electron chi connectivity index (χ2n) is 10.5. The Morgan fingerprint density at radius 3 is 2.63 bits per heavy atom. The van der Waals surface area contributed by atoms with E-state index in [9.17, 15) is 13.2 Å². The normalized spacial score (nSPS) is 21.9. The molecule has 8 nitrogen and oxygen atoms in total. The number of benzene rings is 1.